The number of carbonyl (C=O) groups is 1. The van der Waals surface area contributed by atoms with Crippen molar-refractivity contribution in [3.63, 3.8) is 0 Å². The number of carbonyl (C=O) groups excluding carboxylic acids is 1. The molecule has 0 bridgehead atoms. The first-order valence-corrected chi connectivity index (χ1v) is 12.3. The standard InChI is InChI=1S/C24H19F6N3O3S/c25-17-2-4-20(5-3-17)37(35,36)33-13-19(27)10-21(33)23(34)32-11-14-7-16(9-18(26)8-14)15-1-6-22(31-12-15)24(28,29)30/h1-9,12,19,21H,10-11,13H2,(H,32,34). The van der Waals surface area contributed by atoms with E-state index in [-0.39, 0.29) is 28.1 Å². The van der Waals surface area contributed by atoms with E-state index in [9.17, 15) is 39.6 Å². The van der Waals surface area contributed by atoms with Gasteiger partial charge in [0.25, 0.3) is 0 Å². The predicted molar refractivity (Wildman–Crippen MR) is 120 cm³/mol. The van der Waals surface area contributed by atoms with Gasteiger partial charge in [0.15, 0.2) is 0 Å². The topological polar surface area (TPSA) is 79.4 Å². The third kappa shape index (κ3) is 5.93. The molecule has 2 unspecified atom stereocenters. The number of rotatable bonds is 6. The summed E-state index contributed by atoms with van der Waals surface area (Å²) in [5.74, 6) is -2.22. The molecule has 1 aliphatic rings. The van der Waals surface area contributed by atoms with Crippen LogP contribution in [0.2, 0.25) is 0 Å². The maximum atomic E-state index is 14.2. The van der Waals surface area contributed by atoms with E-state index in [4.69, 9.17) is 0 Å². The van der Waals surface area contributed by atoms with Crippen LogP contribution >= 0.6 is 0 Å². The van der Waals surface area contributed by atoms with Gasteiger partial charge in [0, 0.05) is 31.3 Å². The van der Waals surface area contributed by atoms with E-state index in [1.54, 1.807) is 0 Å². The highest BCUT2D eigenvalue weighted by Gasteiger charge is 2.44. The Morgan fingerprint density at radius 3 is 2.32 bits per heavy atom. The van der Waals surface area contributed by atoms with Gasteiger partial charge in [-0.3, -0.25) is 9.78 Å². The molecule has 2 heterocycles. The zero-order valence-corrected chi connectivity index (χ0v) is 19.7. The average Bonchev–Trinajstić information content (AvgIpc) is 3.25. The van der Waals surface area contributed by atoms with E-state index in [1.165, 1.54) is 6.07 Å². The van der Waals surface area contributed by atoms with Crippen LogP contribution in [0.4, 0.5) is 26.3 Å². The minimum Gasteiger partial charge on any atom is -0.351 e. The summed E-state index contributed by atoms with van der Waals surface area (Å²) in [6.07, 6.45) is -5.71. The lowest BCUT2D eigenvalue weighted by molar-refractivity contribution is -0.141. The van der Waals surface area contributed by atoms with Crippen LogP contribution < -0.4 is 5.32 Å². The van der Waals surface area contributed by atoms with E-state index in [0.29, 0.717) is 4.31 Å². The molecule has 2 atom stereocenters. The number of sulfonamides is 1. The zero-order valence-electron chi connectivity index (χ0n) is 18.8. The van der Waals surface area contributed by atoms with E-state index in [1.807, 2.05) is 0 Å². The largest absolute Gasteiger partial charge is 0.433 e. The number of alkyl halides is 4. The van der Waals surface area contributed by atoms with Crippen LogP contribution in [-0.4, -0.2) is 42.4 Å². The van der Waals surface area contributed by atoms with Crippen molar-refractivity contribution in [1.29, 1.82) is 0 Å². The summed E-state index contributed by atoms with van der Waals surface area (Å²) in [7, 11) is -4.31. The van der Waals surface area contributed by atoms with Gasteiger partial charge in [0.1, 0.15) is 29.5 Å². The number of halogens is 6. The second-order valence-corrected chi connectivity index (χ2v) is 10.3. The molecule has 3 aromatic rings. The molecule has 1 saturated heterocycles. The van der Waals surface area contributed by atoms with Crippen molar-refractivity contribution in [3.05, 3.63) is 83.7 Å². The first kappa shape index (κ1) is 26.6. The molecule has 1 amide bonds. The minimum absolute atomic E-state index is 0.202. The van der Waals surface area contributed by atoms with E-state index in [2.05, 4.69) is 10.3 Å². The summed E-state index contributed by atoms with van der Waals surface area (Å²) in [5, 5.41) is 2.46. The number of pyridine rings is 1. The summed E-state index contributed by atoms with van der Waals surface area (Å²) in [6, 6.07) is 7.96. The molecule has 13 heteroatoms. The number of benzene rings is 2. The van der Waals surface area contributed by atoms with E-state index >= 15 is 0 Å². The Labute approximate surface area is 208 Å². The zero-order chi connectivity index (χ0) is 27.0. The van der Waals surface area contributed by atoms with Crippen LogP contribution in [0, 0.1) is 11.6 Å². The number of amides is 1. The summed E-state index contributed by atoms with van der Waals surface area (Å²) < 4.78 is 106. The molecule has 0 radical (unpaired) electrons. The Balaban J connectivity index is 1.50. The van der Waals surface area contributed by atoms with Gasteiger partial charge in [-0.15, -0.1) is 0 Å². The summed E-state index contributed by atoms with van der Waals surface area (Å²) in [6.45, 7) is -0.835. The Hall–Kier alpha value is -3.45. The second kappa shape index (κ2) is 10.1. The first-order chi connectivity index (χ1) is 17.3. The van der Waals surface area contributed by atoms with Gasteiger partial charge >= 0.3 is 6.18 Å². The highest BCUT2D eigenvalue weighted by atomic mass is 32.2. The monoisotopic (exact) mass is 543 g/mol. The summed E-state index contributed by atoms with van der Waals surface area (Å²) in [4.78, 5) is 15.9. The smallest absolute Gasteiger partial charge is 0.351 e. The third-order valence-electron chi connectivity index (χ3n) is 5.74. The maximum Gasteiger partial charge on any atom is 0.433 e. The molecule has 1 N–H and O–H groups in total. The van der Waals surface area contributed by atoms with Gasteiger partial charge in [0.2, 0.25) is 15.9 Å². The van der Waals surface area contributed by atoms with Gasteiger partial charge in [-0.2, -0.15) is 17.5 Å². The van der Waals surface area contributed by atoms with Crippen molar-refractivity contribution in [3.8, 4) is 11.1 Å². The molecular formula is C24H19F6N3O3S. The number of aromatic nitrogens is 1. The highest BCUT2D eigenvalue weighted by molar-refractivity contribution is 7.89. The molecule has 1 fully saturated rings. The van der Waals surface area contributed by atoms with E-state index in [0.717, 1.165) is 54.7 Å². The number of hydrogen-bond donors (Lipinski definition) is 1. The van der Waals surface area contributed by atoms with Crippen molar-refractivity contribution < 1.29 is 39.6 Å². The van der Waals surface area contributed by atoms with Crippen LogP contribution in [0.5, 0.6) is 0 Å². The first-order valence-electron chi connectivity index (χ1n) is 10.9. The number of nitrogens with zero attached hydrogens (tertiary/aromatic N) is 2. The molecule has 6 nitrogen and oxygen atoms in total. The molecule has 2 aromatic carbocycles. The quantitative estimate of drug-likeness (QED) is 0.466. The van der Waals surface area contributed by atoms with Crippen molar-refractivity contribution in [2.45, 2.75) is 36.3 Å². The third-order valence-corrected chi connectivity index (χ3v) is 7.63. The SMILES string of the molecule is O=C(NCc1cc(F)cc(-c2ccc(C(F)(F)F)nc2)c1)C1CC(F)CN1S(=O)(=O)c1ccc(F)cc1. The fourth-order valence-corrected chi connectivity index (χ4v) is 5.59. The van der Waals surface area contributed by atoms with Gasteiger partial charge in [-0.25, -0.2) is 21.6 Å². The lowest BCUT2D eigenvalue weighted by Gasteiger charge is -2.23. The van der Waals surface area contributed by atoms with Gasteiger partial charge in [-0.1, -0.05) is 6.07 Å². The molecule has 196 valence electrons. The molecule has 37 heavy (non-hydrogen) atoms. The number of hydrogen-bond acceptors (Lipinski definition) is 4. The average molecular weight is 543 g/mol. The Bertz CT molecular complexity index is 1400. The minimum atomic E-state index is -4.63. The van der Waals surface area contributed by atoms with Crippen LogP contribution in [-0.2, 0) is 27.5 Å². The highest BCUT2D eigenvalue weighted by Crippen LogP contribution is 2.30. The Morgan fingerprint density at radius 2 is 1.70 bits per heavy atom. The fourth-order valence-electron chi connectivity index (χ4n) is 3.96. The van der Waals surface area contributed by atoms with Gasteiger partial charge in [-0.05, 0) is 59.7 Å². The van der Waals surface area contributed by atoms with Crippen LogP contribution in [0.15, 0.2) is 65.7 Å². The van der Waals surface area contributed by atoms with Crippen LogP contribution in [0.1, 0.15) is 17.7 Å². The number of nitrogens with one attached hydrogen (secondary N) is 1. The summed E-state index contributed by atoms with van der Waals surface area (Å²) in [5.41, 5.74) is -0.475. The Morgan fingerprint density at radius 1 is 1.00 bits per heavy atom. The predicted octanol–water partition coefficient (Wildman–Crippen LogP) is 4.46. The molecule has 1 aliphatic heterocycles. The molecular weight excluding hydrogens is 524 g/mol. The van der Waals surface area contributed by atoms with Crippen molar-refractivity contribution >= 4 is 15.9 Å². The van der Waals surface area contributed by atoms with Crippen LogP contribution in [0.3, 0.4) is 0 Å². The molecule has 4 rings (SSSR count). The summed E-state index contributed by atoms with van der Waals surface area (Å²) >= 11 is 0. The molecule has 0 saturated carbocycles. The molecule has 1 aromatic heterocycles. The second-order valence-electron chi connectivity index (χ2n) is 8.37. The van der Waals surface area contributed by atoms with Crippen molar-refractivity contribution in [2.75, 3.05) is 6.54 Å². The lowest BCUT2D eigenvalue weighted by atomic mass is 10.0. The van der Waals surface area contributed by atoms with E-state index < -0.39 is 64.6 Å². The van der Waals surface area contributed by atoms with Gasteiger partial charge in [0.05, 0.1) is 4.90 Å². The van der Waals surface area contributed by atoms with Crippen molar-refractivity contribution in [2.24, 2.45) is 0 Å². The Kier molecular flexibility index (Phi) is 7.29. The lowest BCUT2D eigenvalue weighted by Crippen LogP contribution is -2.45. The maximum absolute atomic E-state index is 14.2. The van der Waals surface area contributed by atoms with Crippen molar-refractivity contribution in [1.82, 2.24) is 14.6 Å². The molecule has 0 spiro atoms. The van der Waals surface area contributed by atoms with Crippen LogP contribution in [0.25, 0.3) is 11.1 Å². The van der Waals surface area contributed by atoms with Gasteiger partial charge < -0.3 is 5.32 Å². The fraction of sp³-hybridized carbons (Fsp3) is 0.250. The molecule has 0 aliphatic carbocycles. The normalized spacial score (nSPS) is 18.6.